The number of nitrogens with zero attached hydrogens (tertiary/aromatic N) is 3. The van der Waals surface area contributed by atoms with Gasteiger partial charge >= 0.3 is 0 Å². The summed E-state index contributed by atoms with van der Waals surface area (Å²) in [4.78, 5) is 36.3. The zero-order valence-electron chi connectivity index (χ0n) is 18.6. The minimum Gasteiger partial charge on any atom is -0.342 e. The Balaban J connectivity index is 1.37. The minimum atomic E-state index is -0.275. The van der Waals surface area contributed by atoms with E-state index in [9.17, 15) is 14.0 Å². The summed E-state index contributed by atoms with van der Waals surface area (Å²) in [6.07, 6.45) is 4.32. The van der Waals surface area contributed by atoms with E-state index in [1.54, 1.807) is 25.3 Å². The van der Waals surface area contributed by atoms with Gasteiger partial charge in [-0.1, -0.05) is 30.3 Å². The van der Waals surface area contributed by atoms with Crippen molar-refractivity contribution in [1.29, 1.82) is 0 Å². The number of carbonyl (C=O) groups excluding carboxylic acids is 2. The van der Waals surface area contributed by atoms with Crippen molar-refractivity contribution in [1.82, 2.24) is 14.9 Å². The van der Waals surface area contributed by atoms with Gasteiger partial charge in [0.1, 0.15) is 11.6 Å². The lowest BCUT2D eigenvalue weighted by molar-refractivity contribution is -0.132. The molecule has 0 saturated carbocycles. The fourth-order valence-electron chi connectivity index (χ4n) is 4.10. The van der Waals surface area contributed by atoms with Crippen molar-refractivity contribution in [2.24, 2.45) is 0 Å². The van der Waals surface area contributed by atoms with E-state index in [0.717, 1.165) is 24.9 Å². The van der Waals surface area contributed by atoms with Crippen LogP contribution in [-0.2, 0) is 11.2 Å². The molecule has 1 N–H and O–H groups in total. The number of para-hydroxylation sites is 1. The molecule has 4 rings (SSSR count). The van der Waals surface area contributed by atoms with E-state index >= 15 is 0 Å². The number of hydrogen-bond acceptors (Lipinski definition) is 4. The lowest BCUT2D eigenvalue weighted by Gasteiger charge is -2.32. The first-order valence-corrected chi connectivity index (χ1v) is 11.2. The SMILES string of the molecule is Cc1nc(C2CCCN(C(=O)CCc3ccc(F)cc3)C2)ncc1C(=O)Nc1ccccc1. The number of benzene rings is 2. The van der Waals surface area contributed by atoms with E-state index < -0.39 is 0 Å². The number of carbonyl (C=O) groups is 2. The highest BCUT2D eigenvalue weighted by Gasteiger charge is 2.27. The number of hydrogen-bond donors (Lipinski definition) is 1. The molecule has 1 aliphatic rings. The van der Waals surface area contributed by atoms with Crippen LogP contribution in [0.25, 0.3) is 0 Å². The predicted octanol–water partition coefficient (Wildman–Crippen LogP) is 4.52. The van der Waals surface area contributed by atoms with Gasteiger partial charge in [0.25, 0.3) is 5.91 Å². The highest BCUT2D eigenvalue weighted by molar-refractivity contribution is 6.04. The van der Waals surface area contributed by atoms with Crippen LogP contribution in [0.5, 0.6) is 0 Å². The molecular weight excluding hydrogens is 419 g/mol. The average Bonchev–Trinajstić information content (AvgIpc) is 2.84. The number of aryl methyl sites for hydroxylation is 2. The molecule has 0 bridgehead atoms. The van der Waals surface area contributed by atoms with E-state index in [1.807, 2.05) is 35.2 Å². The summed E-state index contributed by atoms with van der Waals surface area (Å²) in [5, 5.41) is 2.86. The first-order valence-electron chi connectivity index (χ1n) is 11.2. The Labute approximate surface area is 192 Å². The van der Waals surface area contributed by atoms with Crippen molar-refractivity contribution in [2.45, 2.75) is 38.5 Å². The van der Waals surface area contributed by atoms with Crippen LogP contribution in [0.1, 0.15) is 52.6 Å². The number of amides is 2. The summed E-state index contributed by atoms with van der Waals surface area (Å²) >= 11 is 0. The molecule has 33 heavy (non-hydrogen) atoms. The Bertz CT molecular complexity index is 1120. The van der Waals surface area contributed by atoms with Crippen LogP contribution in [0.3, 0.4) is 0 Å². The number of halogens is 1. The van der Waals surface area contributed by atoms with Crippen LogP contribution in [0, 0.1) is 12.7 Å². The number of aromatic nitrogens is 2. The van der Waals surface area contributed by atoms with Crippen LogP contribution in [-0.4, -0.2) is 39.8 Å². The maximum absolute atomic E-state index is 13.1. The van der Waals surface area contributed by atoms with Crippen molar-refractivity contribution >= 4 is 17.5 Å². The molecule has 0 aliphatic carbocycles. The molecular formula is C26H27FN4O2. The number of likely N-dealkylation sites (tertiary alicyclic amines) is 1. The van der Waals surface area contributed by atoms with Crippen molar-refractivity contribution < 1.29 is 14.0 Å². The molecule has 2 amide bonds. The third kappa shape index (κ3) is 5.80. The summed E-state index contributed by atoms with van der Waals surface area (Å²) in [5.74, 6) is 0.271. The summed E-state index contributed by atoms with van der Waals surface area (Å²) in [6.45, 7) is 3.09. The zero-order chi connectivity index (χ0) is 23.2. The summed E-state index contributed by atoms with van der Waals surface area (Å²) in [6, 6.07) is 15.5. The number of anilines is 1. The van der Waals surface area contributed by atoms with Gasteiger partial charge in [-0.15, -0.1) is 0 Å². The van der Waals surface area contributed by atoms with Gasteiger partial charge in [0, 0.05) is 37.3 Å². The molecule has 3 aromatic rings. The molecule has 2 aromatic carbocycles. The monoisotopic (exact) mass is 446 g/mol. The molecule has 7 heteroatoms. The lowest BCUT2D eigenvalue weighted by atomic mass is 9.96. The van der Waals surface area contributed by atoms with Crippen LogP contribution in [0.15, 0.2) is 60.8 Å². The highest BCUT2D eigenvalue weighted by atomic mass is 19.1. The van der Waals surface area contributed by atoms with E-state index in [4.69, 9.17) is 0 Å². The topological polar surface area (TPSA) is 75.2 Å². The second kappa shape index (κ2) is 10.3. The molecule has 6 nitrogen and oxygen atoms in total. The summed E-state index contributed by atoms with van der Waals surface area (Å²) in [5.41, 5.74) is 2.72. The molecule has 1 aliphatic heterocycles. The molecule has 1 aromatic heterocycles. The first kappa shape index (κ1) is 22.6. The summed E-state index contributed by atoms with van der Waals surface area (Å²) in [7, 11) is 0. The zero-order valence-corrected chi connectivity index (χ0v) is 18.6. The Morgan fingerprint density at radius 3 is 2.61 bits per heavy atom. The summed E-state index contributed by atoms with van der Waals surface area (Å²) < 4.78 is 13.1. The van der Waals surface area contributed by atoms with E-state index in [2.05, 4.69) is 15.3 Å². The number of rotatable bonds is 6. The van der Waals surface area contributed by atoms with E-state index in [-0.39, 0.29) is 23.5 Å². The molecule has 170 valence electrons. The molecule has 1 saturated heterocycles. The fraction of sp³-hybridized carbons (Fsp3) is 0.308. The predicted molar refractivity (Wildman–Crippen MR) is 124 cm³/mol. The van der Waals surface area contributed by atoms with Gasteiger partial charge in [-0.05, 0) is 56.0 Å². The third-order valence-corrected chi connectivity index (χ3v) is 5.95. The molecule has 1 unspecified atom stereocenters. The van der Waals surface area contributed by atoms with E-state index in [0.29, 0.717) is 42.2 Å². The normalized spacial score (nSPS) is 15.8. The van der Waals surface area contributed by atoms with E-state index in [1.165, 1.54) is 12.1 Å². The Hall–Kier alpha value is -3.61. The van der Waals surface area contributed by atoms with Gasteiger partial charge in [-0.3, -0.25) is 9.59 Å². The quantitative estimate of drug-likeness (QED) is 0.604. The van der Waals surface area contributed by atoms with Gasteiger partial charge in [0.15, 0.2) is 0 Å². The van der Waals surface area contributed by atoms with Crippen LogP contribution < -0.4 is 5.32 Å². The largest absolute Gasteiger partial charge is 0.342 e. The molecule has 0 radical (unpaired) electrons. The molecule has 0 spiro atoms. The van der Waals surface area contributed by atoms with Gasteiger partial charge in [0.05, 0.1) is 11.3 Å². The second-order valence-corrected chi connectivity index (χ2v) is 8.35. The van der Waals surface area contributed by atoms with Crippen molar-refractivity contribution in [2.75, 3.05) is 18.4 Å². The standard InChI is InChI=1S/C26H27FN4O2/c1-18-23(26(33)30-22-7-3-2-4-8-22)16-28-25(29-18)20-6-5-15-31(17-20)24(32)14-11-19-9-12-21(27)13-10-19/h2-4,7-10,12-13,16,20H,5-6,11,14-15,17H2,1H3,(H,30,33). The maximum atomic E-state index is 13.1. The first-order chi connectivity index (χ1) is 16.0. The smallest absolute Gasteiger partial charge is 0.259 e. The Morgan fingerprint density at radius 2 is 1.88 bits per heavy atom. The van der Waals surface area contributed by atoms with Crippen molar-refractivity contribution in [3.05, 3.63) is 89.3 Å². The molecule has 2 heterocycles. The minimum absolute atomic E-state index is 0.0402. The van der Waals surface area contributed by atoms with Crippen LogP contribution >= 0.6 is 0 Å². The van der Waals surface area contributed by atoms with Crippen molar-refractivity contribution in [3.8, 4) is 0 Å². The van der Waals surface area contributed by atoms with Gasteiger partial charge in [-0.25, -0.2) is 14.4 Å². The molecule has 1 fully saturated rings. The fourth-order valence-corrected chi connectivity index (χ4v) is 4.10. The number of piperidine rings is 1. The average molecular weight is 447 g/mol. The van der Waals surface area contributed by atoms with Crippen molar-refractivity contribution in [3.63, 3.8) is 0 Å². The van der Waals surface area contributed by atoms with Crippen LogP contribution in [0.4, 0.5) is 10.1 Å². The van der Waals surface area contributed by atoms with Crippen LogP contribution in [0.2, 0.25) is 0 Å². The van der Waals surface area contributed by atoms with Gasteiger partial charge in [0.2, 0.25) is 5.91 Å². The highest BCUT2D eigenvalue weighted by Crippen LogP contribution is 2.26. The Kier molecular flexibility index (Phi) is 7.07. The second-order valence-electron chi connectivity index (χ2n) is 8.35. The van der Waals surface area contributed by atoms with Gasteiger partial charge < -0.3 is 10.2 Å². The third-order valence-electron chi connectivity index (χ3n) is 5.95. The Morgan fingerprint density at radius 1 is 1.12 bits per heavy atom. The van der Waals surface area contributed by atoms with Gasteiger partial charge in [-0.2, -0.15) is 0 Å². The maximum Gasteiger partial charge on any atom is 0.259 e. The number of nitrogens with one attached hydrogen (secondary N) is 1. The lowest BCUT2D eigenvalue weighted by Crippen LogP contribution is -2.39. The molecule has 1 atom stereocenters.